The molecule has 1 fully saturated rings. The van der Waals surface area contributed by atoms with Crippen molar-refractivity contribution in [3.05, 3.63) is 42.6 Å². The standard InChI is InChI=1S/C26H30N6O3S/c1-5-35-22-11-6-8-18(28-22)25-30-24-26(32(25)23-19(33-3)9-7-10-20(23)34-4)29-21(14-27-24)31-36-15-17-12-16(2)13-17/h6-11,14,16-17H,5,12-13,15H2,1-4H3,(H,29,31). The van der Waals surface area contributed by atoms with Gasteiger partial charge in [-0.05, 0) is 49.8 Å². The van der Waals surface area contributed by atoms with Crippen LogP contribution in [0.15, 0.2) is 42.6 Å². The van der Waals surface area contributed by atoms with Crippen LogP contribution in [0, 0.1) is 11.8 Å². The van der Waals surface area contributed by atoms with Crippen LogP contribution >= 0.6 is 11.9 Å². The number of ether oxygens (including phenoxy) is 3. The lowest BCUT2D eigenvalue weighted by Crippen LogP contribution is -2.23. The van der Waals surface area contributed by atoms with Gasteiger partial charge >= 0.3 is 0 Å². The molecule has 36 heavy (non-hydrogen) atoms. The number of benzene rings is 1. The molecule has 3 aromatic heterocycles. The smallest absolute Gasteiger partial charge is 0.213 e. The van der Waals surface area contributed by atoms with E-state index in [1.807, 2.05) is 47.9 Å². The molecule has 1 saturated carbocycles. The summed E-state index contributed by atoms with van der Waals surface area (Å²) in [5.74, 6) is 5.61. The Hall–Kier alpha value is -3.53. The highest BCUT2D eigenvalue weighted by Gasteiger charge is 2.26. The summed E-state index contributed by atoms with van der Waals surface area (Å²) in [7, 11) is 3.25. The second-order valence-corrected chi connectivity index (χ2v) is 9.66. The Morgan fingerprint density at radius 2 is 1.78 bits per heavy atom. The average molecular weight is 507 g/mol. The van der Waals surface area contributed by atoms with Gasteiger partial charge in [0, 0.05) is 11.8 Å². The van der Waals surface area contributed by atoms with Gasteiger partial charge in [0.2, 0.25) is 5.88 Å². The normalized spacial score (nSPS) is 17.0. The molecule has 0 atom stereocenters. The first kappa shape index (κ1) is 24.2. The van der Waals surface area contributed by atoms with Crippen LogP contribution in [0.2, 0.25) is 0 Å². The molecular weight excluding hydrogens is 476 g/mol. The molecule has 1 aromatic carbocycles. The van der Waals surface area contributed by atoms with E-state index >= 15 is 0 Å². The molecule has 0 spiro atoms. The minimum atomic E-state index is 0.491. The highest BCUT2D eigenvalue weighted by Crippen LogP contribution is 2.38. The van der Waals surface area contributed by atoms with Gasteiger partial charge in [-0.2, -0.15) is 0 Å². The SMILES string of the molecule is CCOc1cccc(-c2nc3ncc(NSCC4CC(C)C4)nc3n2-c2c(OC)cccc2OC)n1. The Morgan fingerprint density at radius 1 is 1.03 bits per heavy atom. The van der Waals surface area contributed by atoms with Gasteiger partial charge < -0.3 is 18.9 Å². The molecule has 3 heterocycles. The fraction of sp³-hybridized carbons (Fsp3) is 0.385. The van der Waals surface area contributed by atoms with Gasteiger partial charge in [-0.3, -0.25) is 4.57 Å². The Morgan fingerprint density at radius 3 is 2.47 bits per heavy atom. The molecule has 5 rings (SSSR count). The molecule has 4 aromatic rings. The number of hydrogen-bond acceptors (Lipinski definition) is 9. The molecule has 0 bridgehead atoms. The Balaban J connectivity index is 1.62. The number of fused-ring (bicyclic) bond motifs is 1. The zero-order valence-electron chi connectivity index (χ0n) is 20.9. The van der Waals surface area contributed by atoms with E-state index in [1.165, 1.54) is 12.8 Å². The van der Waals surface area contributed by atoms with Gasteiger partial charge in [-0.1, -0.05) is 31.0 Å². The van der Waals surface area contributed by atoms with Crippen LogP contribution in [0.4, 0.5) is 5.82 Å². The number of para-hydroxylation sites is 1. The highest BCUT2D eigenvalue weighted by atomic mass is 32.2. The minimum Gasteiger partial charge on any atom is -0.494 e. The number of anilines is 1. The van der Waals surface area contributed by atoms with Crippen molar-refractivity contribution in [2.75, 3.05) is 31.3 Å². The molecular formula is C26H30N6O3S. The number of aromatic nitrogens is 5. The largest absolute Gasteiger partial charge is 0.494 e. The first-order valence-electron chi connectivity index (χ1n) is 12.1. The highest BCUT2D eigenvalue weighted by molar-refractivity contribution is 8.00. The van der Waals surface area contributed by atoms with Crippen LogP contribution in [-0.4, -0.2) is 51.1 Å². The quantitative estimate of drug-likeness (QED) is 0.284. The number of rotatable bonds is 10. The van der Waals surface area contributed by atoms with Crippen LogP contribution in [0.1, 0.15) is 26.7 Å². The molecule has 0 saturated heterocycles. The van der Waals surface area contributed by atoms with E-state index in [1.54, 1.807) is 32.4 Å². The summed E-state index contributed by atoms with van der Waals surface area (Å²) in [4.78, 5) is 19.0. The molecule has 10 heteroatoms. The maximum Gasteiger partial charge on any atom is 0.213 e. The lowest BCUT2D eigenvalue weighted by atomic mass is 9.77. The van der Waals surface area contributed by atoms with Crippen molar-refractivity contribution in [1.29, 1.82) is 0 Å². The van der Waals surface area contributed by atoms with Gasteiger partial charge in [0.15, 0.2) is 22.9 Å². The number of nitrogens with zero attached hydrogens (tertiary/aromatic N) is 5. The molecule has 0 aliphatic heterocycles. The third kappa shape index (κ3) is 4.77. The van der Waals surface area contributed by atoms with Crippen molar-refractivity contribution in [2.45, 2.75) is 26.7 Å². The Labute approximate surface area is 214 Å². The van der Waals surface area contributed by atoms with Crippen molar-refractivity contribution in [3.8, 4) is 34.6 Å². The second-order valence-electron chi connectivity index (χ2n) is 8.83. The maximum absolute atomic E-state index is 5.72. The minimum absolute atomic E-state index is 0.491. The molecule has 1 aliphatic carbocycles. The second kappa shape index (κ2) is 10.6. The molecule has 1 aliphatic rings. The lowest BCUT2D eigenvalue weighted by molar-refractivity contribution is 0.238. The van der Waals surface area contributed by atoms with E-state index in [-0.39, 0.29) is 0 Å². The van der Waals surface area contributed by atoms with E-state index in [0.717, 1.165) is 17.6 Å². The van der Waals surface area contributed by atoms with Crippen molar-refractivity contribution in [1.82, 2.24) is 24.5 Å². The molecule has 188 valence electrons. The van der Waals surface area contributed by atoms with Gasteiger partial charge in [-0.25, -0.2) is 19.9 Å². The van der Waals surface area contributed by atoms with Crippen molar-refractivity contribution < 1.29 is 14.2 Å². The molecule has 0 radical (unpaired) electrons. The van der Waals surface area contributed by atoms with Crippen molar-refractivity contribution in [3.63, 3.8) is 0 Å². The van der Waals surface area contributed by atoms with Crippen LogP contribution < -0.4 is 18.9 Å². The van der Waals surface area contributed by atoms with Crippen molar-refractivity contribution >= 4 is 29.1 Å². The van der Waals surface area contributed by atoms with Crippen LogP contribution in [0.25, 0.3) is 28.5 Å². The van der Waals surface area contributed by atoms with E-state index in [9.17, 15) is 0 Å². The van der Waals surface area contributed by atoms with Crippen LogP contribution in [0.5, 0.6) is 17.4 Å². The lowest BCUT2D eigenvalue weighted by Gasteiger charge is -2.32. The van der Waals surface area contributed by atoms with E-state index in [2.05, 4.69) is 21.6 Å². The molecule has 0 amide bonds. The Bertz CT molecular complexity index is 1330. The number of nitrogens with one attached hydrogen (secondary N) is 1. The number of hydrogen-bond donors (Lipinski definition) is 1. The third-order valence-corrected chi connectivity index (χ3v) is 7.20. The van der Waals surface area contributed by atoms with Gasteiger partial charge in [0.05, 0.1) is 27.0 Å². The van der Waals surface area contributed by atoms with Gasteiger partial charge in [0.1, 0.15) is 22.9 Å². The third-order valence-electron chi connectivity index (χ3n) is 6.21. The fourth-order valence-electron chi connectivity index (χ4n) is 4.54. The summed E-state index contributed by atoms with van der Waals surface area (Å²) in [5.41, 5.74) is 2.35. The van der Waals surface area contributed by atoms with Crippen molar-refractivity contribution in [2.24, 2.45) is 11.8 Å². The number of pyridine rings is 1. The van der Waals surface area contributed by atoms with Gasteiger partial charge in [0.25, 0.3) is 0 Å². The topological polar surface area (TPSA) is 96.2 Å². The summed E-state index contributed by atoms with van der Waals surface area (Å²) in [6, 6.07) is 11.2. The van der Waals surface area contributed by atoms with E-state index in [4.69, 9.17) is 24.2 Å². The van der Waals surface area contributed by atoms with E-state index < -0.39 is 0 Å². The summed E-state index contributed by atoms with van der Waals surface area (Å²) in [5, 5.41) is 0. The molecule has 1 N–H and O–H groups in total. The average Bonchev–Trinajstić information content (AvgIpc) is 3.26. The summed E-state index contributed by atoms with van der Waals surface area (Å²) in [6.07, 6.45) is 4.29. The van der Waals surface area contributed by atoms with E-state index in [0.29, 0.717) is 58.3 Å². The zero-order chi connectivity index (χ0) is 25.1. The molecule has 9 nitrogen and oxygen atoms in total. The first-order chi connectivity index (χ1) is 17.6. The predicted molar refractivity (Wildman–Crippen MR) is 142 cm³/mol. The number of imidazole rings is 1. The number of methoxy groups -OCH3 is 2. The molecule has 0 unspecified atom stereocenters. The predicted octanol–water partition coefficient (Wildman–Crippen LogP) is 5.40. The zero-order valence-corrected chi connectivity index (χ0v) is 21.7. The summed E-state index contributed by atoms with van der Waals surface area (Å²) < 4.78 is 22.3. The Kier molecular flexibility index (Phi) is 7.13. The first-order valence-corrected chi connectivity index (χ1v) is 13.0. The van der Waals surface area contributed by atoms with Gasteiger partial charge in [-0.15, -0.1) is 0 Å². The van der Waals surface area contributed by atoms with Crippen LogP contribution in [0.3, 0.4) is 0 Å². The monoisotopic (exact) mass is 506 g/mol. The fourth-order valence-corrected chi connectivity index (χ4v) is 5.38. The summed E-state index contributed by atoms with van der Waals surface area (Å²) in [6.45, 7) is 4.75. The maximum atomic E-state index is 5.72. The van der Waals surface area contributed by atoms with Crippen LogP contribution in [-0.2, 0) is 0 Å². The summed E-state index contributed by atoms with van der Waals surface area (Å²) >= 11 is 1.67.